The van der Waals surface area contributed by atoms with Crippen LogP contribution in [0.2, 0.25) is 0 Å². The minimum Gasteiger partial charge on any atom is -0.460 e. The molecule has 0 aromatic carbocycles. The molecule has 5 atom stereocenters. The normalized spacial score (nSPS) is 47.4. The van der Waals surface area contributed by atoms with Crippen molar-refractivity contribution in [2.24, 2.45) is 0 Å². The fourth-order valence-corrected chi connectivity index (χ4v) is 4.82. The van der Waals surface area contributed by atoms with E-state index in [0.717, 1.165) is 25.1 Å². The smallest absolute Gasteiger partial charge is 0.341 e. The van der Waals surface area contributed by atoms with Crippen LogP contribution in [0.1, 0.15) is 40.0 Å². The molecule has 7 nitrogen and oxygen atoms in total. The van der Waals surface area contributed by atoms with Crippen LogP contribution in [0.25, 0.3) is 0 Å². The first-order valence-corrected chi connectivity index (χ1v) is 8.86. The number of carbonyl (C=O) groups is 2. The topological polar surface area (TPSA) is 85.3 Å². The number of rotatable bonds is 0. The van der Waals surface area contributed by atoms with Crippen LogP contribution in [-0.4, -0.2) is 70.6 Å². The van der Waals surface area contributed by atoms with Gasteiger partial charge in [0.2, 0.25) is 0 Å². The average Bonchev–Trinajstić information content (AvgIpc) is 3.09. The summed E-state index contributed by atoms with van der Waals surface area (Å²) in [7, 11) is 0. The molecule has 0 spiro atoms. The Balaban J connectivity index is 1.68. The van der Waals surface area contributed by atoms with Gasteiger partial charge in [-0.05, 0) is 32.8 Å². The molecule has 0 saturated carbocycles. The molecular formula is C18H25NO6. The van der Waals surface area contributed by atoms with E-state index in [4.69, 9.17) is 14.2 Å². The van der Waals surface area contributed by atoms with Gasteiger partial charge in [-0.15, -0.1) is 0 Å². The van der Waals surface area contributed by atoms with Crippen molar-refractivity contribution >= 4 is 11.9 Å². The first-order valence-electron chi connectivity index (χ1n) is 8.86. The van der Waals surface area contributed by atoms with E-state index in [-0.39, 0.29) is 37.6 Å². The van der Waals surface area contributed by atoms with Crippen LogP contribution >= 0.6 is 0 Å². The fourth-order valence-electron chi connectivity index (χ4n) is 4.82. The van der Waals surface area contributed by atoms with Gasteiger partial charge in [0.25, 0.3) is 0 Å². The lowest BCUT2D eigenvalue weighted by molar-refractivity contribution is -0.195. The number of carbonyl (C=O) groups excluding carboxylic acids is 2. The molecule has 7 heteroatoms. The summed E-state index contributed by atoms with van der Waals surface area (Å²) >= 11 is 0. The van der Waals surface area contributed by atoms with E-state index in [1.165, 1.54) is 6.92 Å². The molecule has 0 amide bonds. The Labute approximate surface area is 146 Å². The third-order valence-corrected chi connectivity index (χ3v) is 6.17. The summed E-state index contributed by atoms with van der Waals surface area (Å²) in [5.74, 6) is -0.946. The highest BCUT2D eigenvalue weighted by atomic mass is 16.6. The van der Waals surface area contributed by atoms with Crippen molar-refractivity contribution in [1.29, 1.82) is 0 Å². The summed E-state index contributed by atoms with van der Waals surface area (Å²) in [6, 6.07) is -0.0177. The van der Waals surface area contributed by atoms with Gasteiger partial charge in [-0.2, -0.15) is 0 Å². The number of ether oxygens (including phenoxy) is 3. The second-order valence-electron chi connectivity index (χ2n) is 8.32. The standard InChI is InChI=1S/C18H25NO6/c1-16-8-13(20)24-12-5-7-19-6-4-11(14(12)19)9-23-15(21)18(3,25-16)17(2,22)10-16/h4,12,14,22H,5-10H2,1-3H3/t12-,14-,16-,17+,18+/m1/s1. The first-order chi connectivity index (χ1) is 11.6. The maximum atomic E-state index is 12.8. The number of hydrogen-bond acceptors (Lipinski definition) is 7. The van der Waals surface area contributed by atoms with Crippen LogP contribution in [0.4, 0.5) is 0 Å². The van der Waals surface area contributed by atoms with Crippen LogP contribution in [0, 0.1) is 0 Å². The Morgan fingerprint density at radius 1 is 1.28 bits per heavy atom. The van der Waals surface area contributed by atoms with Gasteiger partial charge in [-0.25, -0.2) is 4.79 Å². The molecule has 4 heterocycles. The number of nitrogens with zero attached hydrogens (tertiary/aromatic N) is 1. The predicted octanol–water partition coefficient (Wildman–Crippen LogP) is 0.548. The summed E-state index contributed by atoms with van der Waals surface area (Å²) in [6.45, 7) is 6.57. The summed E-state index contributed by atoms with van der Waals surface area (Å²) in [5, 5.41) is 10.8. The minimum atomic E-state index is -1.52. The molecule has 4 aliphatic heterocycles. The van der Waals surface area contributed by atoms with Crippen molar-refractivity contribution in [2.45, 2.75) is 69.0 Å². The lowest BCUT2D eigenvalue weighted by Crippen LogP contribution is -2.53. The van der Waals surface area contributed by atoms with Gasteiger partial charge >= 0.3 is 11.9 Å². The average molecular weight is 351 g/mol. The quantitative estimate of drug-likeness (QED) is 0.504. The molecule has 1 N–H and O–H groups in total. The van der Waals surface area contributed by atoms with Gasteiger partial charge in [0.15, 0.2) is 5.60 Å². The Morgan fingerprint density at radius 3 is 2.80 bits per heavy atom. The van der Waals surface area contributed by atoms with Crippen molar-refractivity contribution < 1.29 is 28.9 Å². The van der Waals surface area contributed by atoms with E-state index < -0.39 is 22.8 Å². The summed E-state index contributed by atoms with van der Waals surface area (Å²) < 4.78 is 17.2. The lowest BCUT2D eigenvalue weighted by Gasteiger charge is -2.34. The second kappa shape index (κ2) is 5.28. The van der Waals surface area contributed by atoms with Gasteiger partial charge in [-0.1, -0.05) is 6.08 Å². The van der Waals surface area contributed by atoms with Crippen molar-refractivity contribution in [1.82, 2.24) is 4.90 Å². The molecule has 4 aliphatic rings. The zero-order valence-corrected chi connectivity index (χ0v) is 14.9. The van der Waals surface area contributed by atoms with Crippen molar-refractivity contribution in [3.05, 3.63) is 11.6 Å². The maximum absolute atomic E-state index is 12.8. The second-order valence-corrected chi connectivity index (χ2v) is 8.32. The Kier molecular flexibility index (Phi) is 3.59. The van der Waals surface area contributed by atoms with Gasteiger partial charge in [-0.3, -0.25) is 9.69 Å². The van der Waals surface area contributed by atoms with E-state index in [1.807, 2.05) is 6.08 Å². The highest BCUT2D eigenvalue weighted by molar-refractivity contribution is 5.82. The summed E-state index contributed by atoms with van der Waals surface area (Å²) in [5.41, 5.74) is -2.97. The van der Waals surface area contributed by atoms with Gasteiger partial charge in [0.05, 0.1) is 18.1 Å². The SMILES string of the molecule is C[C@]12CC(=O)O[C@@H]3CCN4CC=C(COC(=O)[C@](C)(O1)[C@@](C)(O)C2)[C@H]34. The number of aliphatic hydroxyl groups is 1. The van der Waals surface area contributed by atoms with Crippen LogP contribution < -0.4 is 0 Å². The molecule has 25 heavy (non-hydrogen) atoms. The van der Waals surface area contributed by atoms with Crippen molar-refractivity contribution in [2.75, 3.05) is 19.7 Å². The van der Waals surface area contributed by atoms with Gasteiger partial charge in [0.1, 0.15) is 18.3 Å². The molecule has 0 radical (unpaired) electrons. The Hall–Kier alpha value is -1.44. The van der Waals surface area contributed by atoms with Crippen LogP contribution in [0.3, 0.4) is 0 Å². The van der Waals surface area contributed by atoms with Crippen LogP contribution in [-0.2, 0) is 23.8 Å². The zero-order chi connectivity index (χ0) is 18.0. The molecule has 3 fully saturated rings. The number of cyclic esters (lactones) is 1. The van der Waals surface area contributed by atoms with E-state index in [0.29, 0.717) is 0 Å². The summed E-state index contributed by atoms with van der Waals surface area (Å²) in [4.78, 5) is 27.5. The Morgan fingerprint density at radius 2 is 2.04 bits per heavy atom. The molecule has 0 unspecified atom stereocenters. The Bertz CT molecular complexity index is 658. The summed E-state index contributed by atoms with van der Waals surface area (Å²) in [6.07, 6.45) is 2.73. The highest BCUT2D eigenvalue weighted by Crippen LogP contribution is 2.48. The number of hydrogen-bond donors (Lipinski definition) is 1. The molecule has 0 aromatic heterocycles. The number of esters is 2. The molecule has 2 bridgehead atoms. The first kappa shape index (κ1) is 17.0. The van der Waals surface area contributed by atoms with Crippen molar-refractivity contribution in [3.63, 3.8) is 0 Å². The number of fused-ring (bicyclic) bond motifs is 2. The third kappa shape index (κ3) is 2.52. The lowest BCUT2D eigenvalue weighted by atomic mass is 9.82. The van der Waals surface area contributed by atoms with E-state index in [9.17, 15) is 14.7 Å². The molecule has 0 aliphatic carbocycles. The van der Waals surface area contributed by atoms with Crippen LogP contribution in [0.5, 0.6) is 0 Å². The molecular weight excluding hydrogens is 326 g/mol. The largest absolute Gasteiger partial charge is 0.460 e. The van der Waals surface area contributed by atoms with Gasteiger partial charge < -0.3 is 19.3 Å². The maximum Gasteiger partial charge on any atom is 0.341 e. The van der Waals surface area contributed by atoms with Crippen molar-refractivity contribution in [3.8, 4) is 0 Å². The van der Waals surface area contributed by atoms with E-state index >= 15 is 0 Å². The highest BCUT2D eigenvalue weighted by Gasteiger charge is 2.64. The molecule has 3 saturated heterocycles. The van der Waals surface area contributed by atoms with E-state index in [2.05, 4.69) is 4.90 Å². The van der Waals surface area contributed by atoms with Gasteiger partial charge in [0, 0.05) is 19.5 Å². The van der Waals surface area contributed by atoms with Crippen LogP contribution in [0.15, 0.2) is 11.6 Å². The molecule has 138 valence electrons. The predicted molar refractivity (Wildman–Crippen MR) is 86.7 cm³/mol. The zero-order valence-electron chi connectivity index (χ0n) is 14.9. The monoisotopic (exact) mass is 351 g/mol. The fraction of sp³-hybridized carbons (Fsp3) is 0.778. The van der Waals surface area contributed by atoms with E-state index in [1.54, 1.807) is 13.8 Å². The molecule has 0 aromatic rings. The minimum absolute atomic E-state index is 0.00567. The molecule has 4 rings (SSSR count). The third-order valence-electron chi connectivity index (χ3n) is 6.17.